The van der Waals surface area contributed by atoms with E-state index in [-0.39, 0.29) is 0 Å². The van der Waals surface area contributed by atoms with E-state index in [2.05, 4.69) is 33.9 Å². The van der Waals surface area contributed by atoms with Gasteiger partial charge in [-0.25, -0.2) is 4.98 Å². The van der Waals surface area contributed by atoms with Gasteiger partial charge in [-0.05, 0) is 22.4 Å². The van der Waals surface area contributed by atoms with E-state index in [0.717, 1.165) is 29.0 Å². The van der Waals surface area contributed by atoms with Crippen molar-refractivity contribution in [1.29, 1.82) is 5.26 Å². The number of hydrogen-bond acceptors (Lipinski definition) is 2. The van der Waals surface area contributed by atoms with Crippen LogP contribution in [0.3, 0.4) is 0 Å². The molecule has 0 radical (unpaired) electrons. The average Bonchev–Trinajstić information content (AvgIpc) is 2.36. The maximum Gasteiger partial charge on any atom is 0.109 e. The van der Waals surface area contributed by atoms with Gasteiger partial charge in [-0.3, -0.25) is 0 Å². The van der Waals surface area contributed by atoms with E-state index in [1.807, 2.05) is 11.6 Å². The highest BCUT2D eigenvalue weighted by molar-refractivity contribution is 9.10. The maximum absolute atomic E-state index is 8.55. The molecule has 1 aromatic rings. The Hall–Kier alpha value is -0.820. The van der Waals surface area contributed by atoms with Crippen molar-refractivity contribution in [2.75, 3.05) is 0 Å². The molecule has 0 fully saturated rings. The largest absolute Gasteiger partial charge is 0.326 e. The molecule has 1 aromatic heterocycles. The fourth-order valence-electron chi connectivity index (χ4n) is 1.22. The summed E-state index contributed by atoms with van der Waals surface area (Å²) in [7, 11) is 1.96. The second-order valence-electron chi connectivity index (χ2n) is 2.91. The van der Waals surface area contributed by atoms with Crippen LogP contribution in [-0.2, 0) is 19.9 Å². The van der Waals surface area contributed by atoms with Gasteiger partial charge in [0.1, 0.15) is 10.4 Å². The first-order valence-electron chi connectivity index (χ1n) is 4.27. The van der Waals surface area contributed by atoms with Crippen LogP contribution in [0.25, 0.3) is 0 Å². The molecule has 0 atom stereocenters. The van der Waals surface area contributed by atoms with Gasteiger partial charge in [-0.15, -0.1) is 0 Å². The van der Waals surface area contributed by atoms with E-state index < -0.39 is 0 Å². The molecular formula is C9H12BrN3. The summed E-state index contributed by atoms with van der Waals surface area (Å²) in [6, 6.07) is 2.10. The number of aromatic nitrogens is 2. The molecule has 0 aromatic carbocycles. The Bertz CT molecular complexity index is 335. The number of nitrogens with zero attached hydrogens (tertiary/aromatic N) is 3. The zero-order valence-electron chi connectivity index (χ0n) is 7.84. The van der Waals surface area contributed by atoms with E-state index in [4.69, 9.17) is 5.26 Å². The quantitative estimate of drug-likeness (QED) is 0.815. The first kappa shape index (κ1) is 10.3. The van der Waals surface area contributed by atoms with E-state index in [1.165, 1.54) is 0 Å². The SMILES string of the molecule is CCCc1nc(CC#N)c(Br)n1C. The minimum atomic E-state index is 0.373. The Morgan fingerprint density at radius 3 is 2.85 bits per heavy atom. The van der Waals surface area contributed by atoms with Crippen molar-refractivity contribution >= 4 is 15.9 Å². The molecule has 0 bridgehead atoms. The first-order chi connectivity index (χ1) is 6.20. The summed E-state index contributed by atoms with van der Waals surface area (Å²) in [4.78, 5) is 4.38. The molecule has 3 nitrogen and oxygen atoms in total. The van der Waals surface area contributed by atoms with Crippen molar-refractivity contribution in [2.24, 2.45) is 7.05 Å². The lowest BCUT2D eigenvalue weighted by atomic mass is 10.3. The van der Waals surface area contributed by atoms with Gasteiger partial charge in [0.25, 0.3) is 0 Å². The first-order valence-corrected chi connectivity index (χ1v) is 5.06. The van der Waals surface area contributed by atoms with Crippen LogP contribution in [-0.4, -0.2) is 9.55 Å². The maximum atomic E-state index is 8.55. The normalized spacial score (nSPS) is 10.0. The molecule has 0 aliphatic carbocycles. The van der Waals surface area contributed by atoms with E-state index >= 15 is 0 Å². The summed E-state index contributed by atoms with van der Waals surface area (Å²) in [5, 5.41) is 8.55. The van der Waals surface area contributed by atoms with Gasteiger partial charge in [0, 0.05) is 13.5 Å². The Labute approximate surface area is 86.5 Å². The summed E-state index contributed by atoms with van der Waals surface area (Å²) in [6.07, 6.45) is 2.40. The molecule has 70 valence electrons. The van der Waals surface area contributed by atoms with Crippen molar-refractivity contribution in [3.8, 4) is 6.07 Å². The summed E-state index contributed by atoms with van der Waals surface area (Å²) in [5.41, 5.74) is 0.841. The molecule has 1 heterocycles. The van der Waals surface area contributed by atoms with E-state index in [9.17, 15) is 0 Å². The molecule has 0 unspecified atom stereocenters. The Balaban J connectivity index is 2.99. The highest BCUT2D eigenvalue weighted by Crippen LogP contribution is 2.18. The lowest BCUT2D eigenvalue weighted by Gasteiger charge is -1.98. The van der Waals surface area contributed by atoms with Crippen molar-refractivity contribution in [1.82, 2.24) is 9.55 Å². The van der Waals surface area contributed by atoms with Crippen LogP contribution in [0.5, 0.6) is 0 Å². The van der Waals surface area contributed by atoms with Crippen LogP contribution in [0.15, 0.2) is 4.60 Å². The molecule has 1 rings (SSSR count). The van der Waals surface area contributed by atoms with Crippen LogP contribution in [0.1, 0.15) is 24.9 Å². The summed E-state index contributed by atoms with van der Waals surface area (Å²) >= 11 is 3.42. The predicted octanol–water partition coefficient (Wildman–Crippen LogP) is 2.20. The number of hydrogen-bond donors (Lipinski definition) is 0. The highest BCUT2D eigenvalue weighted by atomic mass is 79.9. The molecule has 0 amide bonds. The lowest BCUT2D eigenvalue weighted by molar-refractivity contribution is 0.750. The minimum Gasteiger partial charge on any atom is -0.326 e. The molecule has 0 spiro atoms. The highest BCUT2D eigenvalue weighted by Gasteiger charge is 2.10. The fourth-order valence-corrected chi connectivity index (χ4v) is 1.65. The second kappa shape index (κ2) is 4.43. The van der Waals surface area contributed by atoms with Crippen LogP contribution in [0.4, 0.5) is 0 Å². The van der Waals surface area contributed by atoms with Gasteiger partial charge in [0.2, 0.25) is 0 Å². The molecule has 0 saturated heterocycles. The fraction of sp³-hybridized carbons (Fsp3) is 0.556. The van der Waals surface area contributed by atoms with E-state index in [0.29, 0.717) is 6.42 Å². The number of nitriles is 1. The Kier molecular flexibility index (Phi) is 3.49. The van der Waals surface area contributed by atoms with E-state index in [1.54, 1.807) is 0 Å². The second-order valence-corrected chi connectivity index (χ2v) is 3.66. The third-order valence-electron chi connectivity index (χ3n) is 1.90. The third kappa shape index (κ3) is 2.10. The Morgan fingerprint density at radius 1 is 1.62 bits per heavy atom. The molecule has 13 heavy (non-hydrogen) atoms. The topological polar surface area (TPSA) is 41.6 Å². The minimum absolute atomic E-state index is 0.373. The van der Waals surface area contributed by atoms with Crippen LogP contribution < -0.4 is 0 Å². The average molecular weight is 242 g/mol. The lowest BCUT2D eigenvalue weighted by Crippen LogP contribution is -1.96. The molecule has 0 saturated carbocycles. The number of imidazole rings is 1. The molecular weight excluding hydrogens is 230 g/mol. The third-order valence-corrected chi connectivity index (χ3v) is 2.89. The molecule has 0 aliphatic rings. The Morgan fingerprint density at radius 2 is 2.31 bits per heavy atom. The predicted molar refractivity (Wildman–Crippen MR) is 54.2 cm³/mol. The van der Waals surface area contributed by atoms with Gasteiger partial charge in [-0.1, -0.05) is 6.92 Å². The molecule has 0 N–H and O–H groups in total. The monoisotopic (exact) mass is 241 g/mol. The van der Waals surface area contributed by atoms with Crippen molar-refractivity contribution in [3.63, 3.8) is 0 Å². The van der Waals surface area contributed by atoms with Gasteiger partial charge >= 0.3 is 0 Å². The standard InChI is InChI=1S/C9H12BrN3/c1-3-4-8-12-7(5-6-11)9(10)13(8)2/h3-5H2,1-2H3. The van der Waals surface area contributed by atoms with Crippen LogP contribution in [0, 0.1) is 11.3 Å². The molecule has 0 aliphatic heterocycles. The van der Waals surface area contributed by atoms with Crippen LogP contribution in [0.2, 0.25) is 0 Å². The zero-order valence-corrected chi connectivity index (χ0v) is 9.43. The van der Waals surface area contributed by atoms with Crippen LogP contribution >= 0.6 is 15.9 Å². The summed E-state index contributed by atoms with van der Waals surface area (Å²) in [6.45, 7) is 2.12. The van der Waals surface area contributed by atoms with Gasteiger partial charge in [0.15, 0.2) is 0 Å². The van der Waals surface area contributed by atoms with Gasteiger partial charge in [0.05, 0.1) is 18.2 Å². The van der Waals surface area contributed by atoms with Gasteiger partial charge in [-0.2, -0.15) is 5.26 Å². The summed E-state index contributed by atoms with van der Waals surface area (Å²) in [5.74, 6) is 1.04. The summed E-state index contributed by atoms with van der Waals surface area (Å²) < 4.78 is 2.92. The van der Waals surface area contributed by atoms with Crippen molar-refractivity contribution < 1.29 is 0 Å². The van der Waals surface area contributed by atoms with Gasteiger partial charge < -0.3 is 4.57 Å². The smallest absolute Gasteiger partial charge is 0.109 e. The number of halogens is 1. The van der Waals surface area contributed by atoms with Crippen molar-refractivity contribution in [3.05, 3.63) is 16.1 Å². The number of aryl methyl sites for hydroxylation is 1. The number of rotatable bonds is 3. The zero-order chi connectivity index (χ0) is 9.84. The van der Waals surface area contributed by atoms with Crippen molar-refractivity contribution in [2.45, 2.75) is 26.2 Å². The molecule has 4 heteroatoms.